The summed E-state index contributed by atoms with van der Waals surface area (Å²) in [7, 11) is 0. The van der Waals surface area contributed by atoms with Crippen molar-refractivity contribution in [3.8, 4) is 11.1 Å². The standard InChI is InChI=1S/C16H12ClFO/c1-11(10-19)16(17)13-8-6-12(7-9-13)14-4-2-3-5-15(14)18/h2-10H,1H3. The van der Waals surface area contributed by atoms with Crippen molar-refractivity contribution in [3.05, 3.63) is 65.5 Å². The predicted octanol–water partition coefficient (Wildman–Crippen LogP) is 4.66. The summed E-state index contributed by atoms with van der Waals surface area (Å²) in [4.78, 5) is 10.7. The smallest absolute Gasteiger partial charge is 0.147 e. The molecule has 2 aromatic rings. The molecule has 0 bridgehead atoms. The summed E-state index contributed by atoms with van der Waals surface area (Å²) >= 11 is 6.06. The Morgan fingerprint density at radius 2 is 1.74 bits per heavy atom. The quantitative estimate of drug-likeness (QED) is 0.588. The van der Waals surface area contributed by atoms with Gasteiger partial charge in [0.2, 0.25) is 0 Å². The molecular weight excluding hydrogens is 263 g/mol. The first kappa shape index (κ1) is 13.5. The van der Waals surface area contributed by atoms with E-state index in [0.29, 0.717) is 22.5 Å². The van der Waals surface area contributed by atoms with Crippen molar-refractivity contribution in [3.63, 3.8) is 0 Å². The molecule has 0 amide bonds. The lowest BCUT2D eigenvalue weighted by Crippen LogP contribution is -1.86. The maximum absolute atomic E-state index is 13.6. The van der Waals surface area contributed by atoms with Crippen molar-refractivity contribution in [1.29, 1.82) is 0 Å². The summed E-state index contributed by atoms with van der Waals surface area (Å²) in [6, 6.07) is 13.7. The first-order valence-corrected chi connectivity index (χ1v) is 6.18. The van der Waals surface area contributed by atoms with Crippen LogP contribution in [-0.4, -0.2) is 6.29 Å². The van der Waals surface area contributed by atoms with Crippen molar-refractivity contribution in [2.24, 2.45) is 0 Å². The van der Waals surface area contributed by atoms with Gasteiger partial charge in [-0.1, -0.05) is 54.1 Å². The van der Waals surface area contributed by atoms with E-state index in [9.17, 15) is 9.18 Å². The molecular formula is C16H12ClFO. The van der Waals surface area contributed by atoms with Gasteiger partial charge in [-0.2, -0.15) is 0 Å². The molecule has 96 valence electrons. The van der Waals surface area contributed by atoms with E-state index in [2.05, 4.69) is 0 Å². The lowest BCUT2D eigenvalue weighted by molar-refractivity contribution is -0.104. The van der Waals surface area contributed by atoms with Crippen LogP contribution in [0, 0.1) is 5.82 Å². The van der Waals surface area contributed by atoms with Crippen LogP contribution in [0.5, 0.6) is 0 Å². The predicted molar refractivity (Wildman–Crippen MR) is 76.3 cm³/mol. The van der Waals surface area contributed by atoms with Crippen LogP contribution in [0.15, 0.2) is 54.1 Å². The van der Waals surface area contributed by atoms with E-state index >= 15 is 0 Å². The van der Waals surface area contributed by atoms with E-state index < -0.39 is 0 Å². The van der Waals surface area contributed by atoms with E-state index in [1.54, 1.807) is 49.4 Å². The number of hydrogen-bond acceptors (Lipinski definition) is 1. The average molecular weight is 275 g/mol. The highest BCUT2D eigenvalue weighted by atomic mass is 35.5. The lowest BCUT2D eigenvalue weighted by atomic mass is 10.0. The molecule has 3 heteroatoms. The highest BCUT2D eigenvalue weighted by Crippen LogP contribution is 2.27. The highest BCUT2D eigenvalue weighted by Gasteiger charge is 2.06. The molecule has 0 saturated heterocycles. The minimum absolute atomic E-state index is 0.263. The van der Waals surface area contributed by atoms with Gasteiger partial charge in [0.05, 0.1) is 5.03 Å². The van der Waals surface area contributed by atoms with Crippen LogP contribution in [0.1, 0.15) is 12.5 Å². The zero-order valence-corrected chi connectivity index (χ0v) is 11.1. The van der Waals surface area contributed by atoms with Crippen LogP contribution in [0.3, 0.4) is 0 Å². The normalized spacial score (nSPS) is 11.9. The Morgan fingerprint density at radius 1 is 1.11 bits per heavy atom. The molecule has 0 aliphatic carbocycles. The van der Waals surface area contributed by atoms with E-state index in [4.69, 9.17) is 11.6 Å². The molecule has 2 rings (SSSR count). The molecule has 0 atom stereocenters. The topological polar surface area (TPSA) is 17.1 Å². The number of allylic oxidation sites excluding steroid dienone is 1. The second-order valence-electron chi connectivity index (χ2n) is 4.17. The minimum atomic E-state index is -0.263. The maximum Gasteiger partial charge on any atom is 0.147 e. The number of hydrogen-bond donors (Lipinski definition) is 0. The fourth-order valence-electron chi connectivity index (χ4n) is 1.77. The summed E-state index contributed by atoms with van der Waals surface area (Å²) in [5.41, 5.74) is 2.53. The van der Waals surface area contributed by atoms with Crippen molar-refractivity contribution in [2.45, 2.75) is 6.92 Å². The monoisotopic (exact) mass is 274 g/mol. The zero-order chi connectivity index (χ0) is 13.8. The first-order valence-electron chi connectivity index (χ1n) is 5.80. The Balaban J connectivity index is 2.40. The second-order valence-corrected chi connectivity index (χ2v) is 4.55. The zero-order valence-electron chi connectivity index (χ0n) is 10.4. The van der Waals surface area contributed by atoms with Crippen LogP contribution in [0.2, 0.25) is 0 Å². The van der Waals surface area contributed by atoms with Crippen molar-refractivity contribution < 1.29 is 9.18 Å². The largest absolute Gasteiger partial charge is 0.298 e. The molecule has 0 unspecified atom stereocenters. The molecule has 1 nitrogen and oxygen atoms in total. The molecule has 0 spiro atoms. The van der Waals surface area contributed by atoms with E-state index in [1.165, 1.54) is 6.07 Å². The van der Waals surface area contributed by atoms with Gasteiger partial charge in [0.25, 0.3) is 0 Å². The van der Waals surface area contributed by atoms with Crippen LogP contribution >= 0.6 is 11.6 Å². The third kappa shape index (κ3) is 2.91. The summed E-state index contributed by atoms with van der Waals surface area (Å²) in [5.74, 6) is -0.263. The van der Waals surface area contributed by atoms with Gasteiger partial charge in [-0.05, 0) is 24.1 Å². The molecule has 0 aliphatic rings. The molecule has 0 N–H and O–H groups in total. The molecule has 0 radical (unpaired) electrons. The SMILES string of the molecule is CC(C=O)=C(Cl)c1ccc(-c2ccccc2F)cc1. The molecule has 0 heterocycles. The van der Waals surface area contributed by atoms with E-state index in [-0.39, 0.29) is 5.82 Å². The Labute approximate surface area is 116 Å². The molecule has 19 heavy (non-hydrogen) atoms. The minimum Gasteiger partial charge on any atom is -0.298 e. The fraction of sp³-hybridized carbons (Fsp3) is 0.0625. The highest BCUT2D eigenvalue weighted by molar-refractivity contribution is 6.50. The maximum atomic E-state index is 13.6. The van der Waals surface area contributed by atoms with Gasteiger partial charge >= 0.3 is 0 Å². The van der Waals surface area contributed by atoms with Crippen LogP contribution in [-0.2, 0) is 4.79 Å². The Bertz CT molecular complexity index is 629. The van der Waals surface area contributed by atoms with E-state index in [1.807, 2.05) is 0 Å². The molecule has 0 saturated carbocycles. The van der Waals surface area contributed by atoms with Crippen LogP contribution in [0.4, 0.5) is 4.39 Å². The molecule has 0 aromatic heterocycles. The third-order valence-corrected chi connectivity index (χ3v) is 3.36. The van der Waals surface area contributed by atoms with Gasteiger partial charge in [-0.15, -0.1) is 0 Å². The number of halogens is 2. The Kier molecular flexibility index (Phi) is 4.13. The number of carbonyl (C=O) groups excluding carboxylic acids is 1. The second kappa shape index (κ2) is 5.81. The molecule has 0 aliphatic heterocycles. The molecule has 0 fully saturated rings. The van der Waals surface area contributed by atoms with Crippen molar-refractivity contribution in [2.75, 3.05) is 0 Å². The number of aldehydes is 1. The van der Waals surface area contributed by atoms with Gasteiger partial charge in [0, 0.05) is 11.1 Å². The average Bonchev–Trinajstić information content (AvgIpc) is 2.46. The van der Waals surface area contributed by atoms with Crippen LogP contribution < -0.4 is 0 Å². The summed E-state index contributed by atoms with van der Waals surface area (Å²) < 4.78 is 13.6. The van der Waals surface area contributed by atoms with Crippen LogP contribution in [0.25, 0.3) is 16.2 Å². The summed E-state index contributed by atoms with van der Waals surface area (Å²) in [6.07, 6.45) is 0.715. The number of benzene rings is 2. The summed E-state index contributed by atoms with van der Waals surface area (Å²) in [6.45, 7) is 1.65. The third-order valence-electron chi connectivity index (χ3n) is 2.85. The number of rotatable bonds is 3. The van der Waals surface area contributed by atoms with Gasteiger partial charge in [-0.3, -0.25) is 4.79 Å². The van der Waals surface area contributed by atoms with Gasteiger partial charge < -0.3 is 0 Å². The Morgan fingerprint density at radius 3 is 2.32 bits per heavy atom. The van der Waals surface area contributed by atoms with Crippen molar-refractivity contribution in [1.82, 2.24) is 0 Å². The first-order chi connectivity index (χ1) is 9.13. The van der Waals surface area contributed by atoms with Crippen molar-refractivity contribution >= 4 is 22.9 Å². The van der Waals surface area contributed by atoms with Gasteiger partial charge in [-0.25, -0.2) is 4.39 Å². The van der Waals surface area contributed by atoms with E-state index in [0.717, 1.165) is 11.1 Å². The summed E-state index contributed by atoms with van der Waals surface area (Å²) in [5, 5.41) is 0.412. The number of carbonyl (C=O) groups is 1. The Hall–Kier alpha value is -1.93. The fourth-order valence-corrected chi connectivity index (χ4v) is 1.94. The molecule has 2 aromatic carbocycles. The lowest BCUT2D eigenvalue weighted by Gasteiger charge is -2.05. The van der Waals surface area contributed by atoms with Gasteiger partial charge in [0.1, 0.15) is 12.1 Å². The van der Waals surface area contributed by atoms with Gasteiger partial charge in [0.15, 0.2) is 0 Å².